The number of alkyl halides is 3. The van der Waals surface area contributed by atoms with Crippen molar-refractivity contribution in [3.05, 3.63) is 46.0 Å². The van der Waals surface area contributed by atoms with Gasteiger partial charge in [0.05, 0.1) is 23.1 Å². The highest BCUT2D eigenvalue weighted by Gasteiger charge is 2.38. The van der Waals surface area contributed by atoms with Gasteiger partial charge < -0.3 is 0 Å². The summed E-state index contributed by atoms with van der Waals surface area (Å²) < 4.78 is 38.8. The third-order valence-electron chi connectivity index (χ3n) is 3.75. The van der Waals surface area contributed by atoms with Crippen LogP contribution in [0.15, 0.2) is 39.9 Å². The zero-order valence-corrected chi connectivity index (χ0v) is 13.2. The maximum absolute atomic E-state index is 12.9. The second kappa shape index (κ2) is 6.20. The second-order valence-corrected chi connectivity index (χ2v) is 5.72. The number of benzene rings is 1. The molecular weight excluding hydrogens is 325 g/mol. The Morgan fingerprint density at radius 1 is 1.39 bits per heavy atom. The predicted molar refractivity (Wildman–Crippen MR) is 83.1 cm³/mol. The first-order valence-electron chi connectivity index (χ1n) is 6.72. The Kier molecular flexibility index (Phi) is 4.66. The second-order valence-electron chi connectivity index (χ2n) is 5.29. The van der Waals surface area contributed by atoms with Crippen LogP contribution in [0.5, 0.6) is 0 Å². The molecule has 1 aromatic rings. The van der Waals surface area contributed by atoms with Crippen LogP contribution in [0.25, 0.3) is 0 Å². The summed E-state index contributed by atoms with van der Waals surface area (Å²) in [5.74, 6) is -1.85. The molecule has 1 heterocycles. The first-order chi connectivity index (χ1) is 10.7. The quantitative estimate of drug-likeness (QED) is 0.824. The molecule has 1 unspecified atom stereocenters. The van der Waals surface area contributed by atoms with Crippen molar-refractivity contribution < 1.29 is 18.0 Å². The third-order valence-corrected chi connectivity index (χ3v) is 4.09. The largest absolute Gasteiger partial charge is 0.416 e. The molecule has 120 valence electrons. The first-order valence-corrected chi connectivity index (χ1v) is 7.17. The van der Waals surface area contributed by atoms with Crippen LogP contribution in [-0.2, 0) is 11.0 Å². The standard InChI is InChI=1S/C16H13F3N2OS/c1-8-13(9(2)22)14(12(7-20)15(23)21-8)10-4-3-5-11(6-10)16(17,18)19/h3-6,13-14,23H,1-2H3/t13?,14-/m0/s1. The van der Waals surface area contributed by atoms with E-state index in [-0.39, 0.29) is 21.9 Å². The molecule has 1 aromatic carbocycles. The van der Waals surface area contributed by atoms with Crippen molar-refractivity contribution in [3.63, 3.8) is 0 Å². The molecule has 7 heteroatoms. The van der Waals surface area contributed by atoms with E-state index in [4.69, 9.17) is 0 Å². The fraction of sp³-hybridized carbons (Fsp3) is 0.312. The van der Waals surface area contributed by atoms with Gasteiger partial charge in [-0.05, 0) is 25.5 Å². The lowest BCUT2D eigenvalue weighted by molar-refractivity contribution is -0.137. The summed E-state index contributed by atoms with van der Waals surface area (Å²) in [6.45, 7) is 2.94. The molecule has 3 nitrogen and oxygen atoms in total. The molecule has 0 fully saturated rings. The molecule has 1 aliphatic heterocycles. The lowest BCUT2D eigenvalue weighted by Crippen LogP contribution is -2.31. The molecule has 0 amide bonds. The van der Waals surface area contributed by atoms with E-state index in [2.05, 4.69) is 17.6 Å². The monoisotopic (exact) mass is 338 g/mol. The van der Waals surface area contributed by atoms with Crippen molar-refractivity contribution in [2.24, 2.45) is 10.9 Å². The smallest absolute Gasteiger partial charge is 0.299 e. The average molecular weight is 338 g/mol. The molecule has 0 saturated heterocycles. The van der Waals surface area contributed by atoms with E-state index in [0.717, 1.165) is 12.1 Å². The van der Waals surface area contributed by atoms with Crippen LogP contribution in [0, 0.1) is 17.2 Å². The minimum Gasteiger partial charge on any atom is -0.299 e. The average Bonchev–Trinajstić information content (AvgIpc) is 2.45. The highest BCUT2D eigenvalue weighted by atomic mass is 32.1. The van der Waals surface area contributed by atoms with Gasteiger partial charge in [-0.25, -0.2) is 4.99 Å². The van der Waals surface area contributed by atoms with Gasteiger partial charge in [0.15, 0.2) is 0 Å². The van der Waals surface area contributed by atoms with Crippen LogP contribution in [0.2, 0.25) is 0 Å². The fourth-order valence-electron chi connectivity index (χ4n) is 2.76. The molecule has 1 aliphatic rings. The van der Waals surface area contributed by atoms with Crippen LogP contribution in [-0.4, -0.2) is 11.5 Å². The number of aliphatic imine (C=N–C) groups is 1. The fourth-order valence-corrected chi connectivity index (χ4v) is 3.11. The molecule has 0 aromatic heterocycles. The lowest BCUT2D eigenvalue weighted by Gasteiger charge is -2.29. The van der Waals surface area contributed by atoms with E-state index in [1.54, 1.807) is 6.92 Å². The zero-order valence-electron chi connectivity index (χ0n) is 12.3. The number of ketones is 1. The molecule has 23 heavy (non-hydrogen) atoms. The Morgan fingerprint density at radius 3 is 2.57 bits per heavy atom. The topological polar surface area (TPSA) is 53.2 Å². The Bertz CT molecular complexity index is 759. The SMILES string of the molecule is CC(=O)C1C(C)=NC(S)=C(C#N)[C@@H]1c1cccc(C(F)(F)F)c1. The van der Waals surface area contributed by atoms with Gasteiger partial charge >= 0.3 is 6.18 Å². The molecule has 0 bridgehead atoms. The molecule has 0 aliphatic carbocycles. The van der Waals surface area contributed by atoms with Gasteiger partial charge in [-0.15, -0.1) is 12.6 Å². The normalized spacial score (nSPS) is 21.7. The lowest BCUT2D eigenvalue weighted by atomic mass is 9.75. The number of Topliss-reactive ketones (excluding diaryl/α,β-unsaturated/α-hetero) is 1. The Hall–Kier alpha value is -2.07. The van der Waals surface area contributed by atoms with Gasteiger partial charge in [0, 0.05) is 11.6 Å². The van der Waals surface area contributed by atoms with Crippen LogP contribution in [0.1, 0.15) is 30.9 Å². The minimum atomic E-state index is -4.50. The van der Waals surface area contributed by atoms with Crippen LogP contribution in [0.4, 0.5) is 13.2 Å². The van der Waals surface area contributed by atoms with E-state index in [1.807, 2.05) is 6.07 Å². The predicted octanol–water partition coefficient (Wildman–Crippen LogP) is 4.13. The molecule has 2 atom stereocenters. The van der Waals surface area contributed by atoms with Crippen LogP contribution >= 0.6 is 12.6 Å². The highest BCUT2D eigenvalue weighted by molar-refractivity contribution is 7.84. The van der Waals surface area contributed by atoms with Gasteiger partial charge in [0.25, 0.3) is 0 Å². The number of halogens is 3. The molecular formula is C16H13F3N2OS. The molecule has 0 saturated carbocycles. The number of carbonyl (C=O) groups is 1. The van der Waals surface area contributed by atoms with Crippen molar-refractivity contribution in [1.29, 1.82) is 5.26 Å². The minimum absolute atomic E-state index is 0.0958. The molecule has 2 rings (SSSR count). The summed E-state index contributed by atoms with van der Waals surface area (Å²) in [5, 5.41) is 9.48. The van der Waals surface area contributed by atoms with Crippen molar-refractivity contribution >= 4 is 24.1 Å². The molecule has 0 N–H and O–H groups in total. The highest BCUT2D eigenvalue weighted by Crippen LogP contribution is 2.41. The Labute approximate surface area is 136 Å². The van der Waals surface area contributed by atoms with E-state index >= 15 is 0 Å². The maximum Gasteiger partial charge on any atom is 0.416 e. The van der Waals surface area contributed by atoms with Gasteiger partial charge in [-0.2, -0.15) is 18.4 Å². The summed E-state index contributed by atoms with van der Waals surface area (Å²) in [7, 11) is 0. The number of thiol groups is 1. The maximum atomic E-state index is 12.9. The van der Waals surface area contributed by atoms with E-state index in [1.165, 1.54) is 19.1 Å². The summed E-state index contributed by atoms with van der Waals surface area (Å²) in [4.78, 5) is 16.1. The summed E-state index contributed by atoms with van der Waals surface area (Å²) >= 11 is 4.13. The number of nitriles is 1. The third kappa shape index (κ3) is 3.32. The first kappa shape index (κ1) is 17.3. The Morgan fingerprint density at radius 2 is 2.04 bits per heavy atom. The van der Waals surface area contributed by atoms with E-state index in [9.17, 15) is 23.2 Å². The van der Waals surface area contributed by atoms with Crippen LogP contribution < -0.4 is 0 Å². The number of allylic oxidation sites excluding steroid dienone is 1. The number of hydrogen-bond donors (Lipinski definition) is 1. The van der Waals surface area contributed by atoms with Crippen molar-refractivity contribution in [3.8, 4) is 6.07 Å². The summed E-state index contributed by atoms with van der Waals surface area (Å²) in [5.41, 5.74) is -0.0461. The summed E-state index contributed by atoms with van der Waals surface area (Å²) in [6, 6.07) is 6.60. The molecule has 0 radical (unpaired) electrons. The number of rotatable bonds is 2. The van der Waals surface area contributed by atoms with Gasteiger partial charge in [0.2, 0.25) is 0 Å². The number of carbonyl (C=O) groups excluding carboxylic acids is 1. The molecule has 0 spiro atoms. The van der Waals surface area contributed by atoms with Crippen molar-refractivity contribution in [2.45, 2.75) is 25.9 Å². The van der Waals surface area contributed by atoms with Crippen molar-refractivity contribution in [2.75, 3.05) is 0 Å². The van der Waals surface area contributed by atoms with Crippen molar-refractivity contribution in [1.82, 2.24) is 0 Å². The number of hydrogen-bond acceptors (Lipinski definition) is 4. The zero-order chi connectivity index (χ0) is 17.4. The van der Waals surface area contributed by atoms with Crippen LogP contribution in [0.3, 0.4) is 0 Å². The Balaban J connectivity index is 2.65. The van der Waals surface area contributed by atoms with E-state index in [0.29, 0.717) is 5.71 Å². The van der Waals surface area contributed by atoms with E-state index < -0.39 is 23.6 Å². The van der Waals surface area contributed by atoms with Gasteiger partial charge in [0.1, 0.15) is 10.8 Å². The summed E-state index contributed by atoms with van der Waals surface area (Å²) in [6.07, 6.45) is -4.50. The van der Waals surface area contributed by atoms with Gasteiger partial charge in [-0.3, -0.25) is 4.79 Å². The van der Waals surface area contributed by atoms with Gasteiger partial charge in [-0.1, -0.05) is 18.2 Å². The number of nitrogens with zero attached hydrogens (tertiary/aromatic N) is 2.